The molecule has 3 unspecified atom stereocenters. The van der Waals surface area contributed by atoms with Gasteiger partial charge in [-0.25, -0.2) is 9.59 Å². The number of benzene rings is 3. The number of likely N-dealkylation sites (N-methyl/N-ethyl adjacent to an activating group) is 1. The predicted octanol–water partition coefficient (Wildman–Crippen LogP) is 5.70. The fourth-order valence-electron chi connectivity index (χ4n) is 7.79. The number of guanidine groups is 1. The fourth-order valence-corrected chi connectivity index (χ4v) is 8.65. The van der Waals surface area contributed by atoms with Gasteiger partial charge in [0.1, 0.15) is 40.8 Å². The average molecular weight is 947 g/mol. The number of aromatic hydroxyl groups is 1. The summed E-state index contributed by atoms with van der Waals surface area (Å²) < 4.78 is 14.8. The van der Waals surface area contributed by atoms with E-state index in [-0.39, 0.29) is 68.4 Å². The summed E-state index contributed by atoms with van der Waals surface area (Å²) in [5.41, 5.74) is 5.82. The third-order valence-corrected chi connectivity index (χ3v) is 12.6. The van der Waals surface area contributed by atoms with Gasteiger partial charge in [0.15, 0.2) is 5.96 Å². The second-order valence-electron chi connectivity index (χ2n) is 18.7. The highest BCUT2D eigenvalue weighted by Crippen LogP contribution is 2.44. The van der Waals surface area contributed by atoms with Crippen molar-refractivity contribution in [1.82, 2.24) is 36.2 Å². The van der Waals surface area contributed by atoms with Crippen molar-refractivity contribution < 1.29 is 43.7 Å². The second kappa shape index (κ2) is 23.6. The quantitative estimate of drug-likeness (QED) is 0.0270. The van der Waals surface area contributed by atoms with E-state index in [0.717, 1.165) is 44.9 Å². The Hall–Kier alpha value is -6.01. The van der Waals surface area contributed by atoms with Gasteiger partial charge in [-0.1, -0.05) is 24.3 Å². The summed E-state index contributed by atoms with van der Waals surface area (Å²) in [7, 11) is 3.23. The Morgan fingerprint density at radius 3 is 2.16 bits per heavy atom. The maximum absolute atomic E-state index is 14.4. The summed E-state index contributed by atoms with van der Waals surface area (Å²) in [5, 5.41) is 43.0. The Kier molecular flexibility index (Phi) is 18.9. The zero-order chi connectivity index (χ0) is 49.8. The molecule has 4 amide bonds. The summed E-state index contributed by atoms with van der Waals surface area (Å²) in [5.74, 6) is -1.98. The number of carboxylic acid groups (broad SMARTS) is 1. The number of nitrogens with zero attached hydrogens (tertiary/aromatic N) is 1. The lowest BCUT2D eigenvalue weighted by atomic mass is 9.94. The standard InChI is InChI=1S/C49H70N8O9S/c1-28-24-33(18-21-39(28)58)25-37(55-47(64)66-48(5,6)7)44(61)57(11)38(15-13-22-52-42(59)34-19-16-32(17-20-34)27-51-10)43(60)54-36(45(62)63)14-12-23-53-46(50)56-67-41-30(3)29(2)40-35(31(41)4)26-49(8,9)65-40/h16-21,24,36-38,51,58H,12-15,22-23,25-27H2,1-11H3,(H,52,59)(H,54,60)(H,55,64)(H,62,63)(H3,50,53,56). The third kappa shape index (κ3) is 15.5. The lowest BCUT2D eigenvalue weighted by Gasteiger charge is -2.32. The number of phenols is 1. The number of nitrogens with one attached hydrogen (secondary N) is 7. The van der Waals surface area contributed by atoms with Crippen molar-refractivity contribution in [3.63, 3.8) is 0 Å². The Labute approximate surface area is 398 Å². The minimum Gasteiger partial charge on any atom is -0.508 e. The normalized spacial score (nSPS) is 14.1. The van der Waals surface area contributed by atoms with E-state index in [1.54, 1.807) is 52.0 Å². The van der Waals surface area contributed by atoms with Gasteiger partial charge in [-0.2, -0.15) is 0 Å². The molecule has 1 aliphatic heterocycles. The molecule has 0 spiro atoms. The van der Waals surface area contributed by atoms with Gasteiger partial charge in [0.05, 0.1) is 0 Å². The van der Waals surface area contributed by atoms with Crippen molar-refractivity contribution in [3.8, 4) is 11.5 Å². The summed E-state index contributed by atoms with van der Waals surface area (Å²) in [6.45, 7) is 18.0. The lowest BCUT2D eigenvalue weighted by Crippen LogP contribution is -2.57. The van der Waals surface area contributed by atoms with Gasteiger partial charge >= 0.3 is 12.1 Å². The molecular weight excluding hydrogens is 877 g/mol. The number of alkyl carbamates (subject to hydrolysis) is 1. The number of hydrogen-bond acceptors (Lipinski definition) is 11. The smallest absolute Gasteiger partial charge is 0.408 e. The number of hydrogen-bond donors (Lipinski definition) is 9. The van der Waals surface area contributed by atoms with Gasteiger partial charge in [0.25, 0.3) is 5.91 Å². The third-order valence-electron chi connectivity index (χ3n) is 11.5. The van der Waals surface area contributed by atoms with E-state index in [0.29, 0.717) is 23.2 Å². The molecule has 0 aliphatic carbocycles. The van der Waals surface area contributed by atoms with E-state index < -0.39 is 47.6 Å². The summed E-state index contributed by atoms with van der Waals surface area (Å²) >= 11 is 1.33. The lowest BCUT2D eigenvalue weighted by molar-refractivity contribution is -0.145. The monoisotopic (exact) mass is 946 g/mol. The molecule has 0 bridgehead atoms. The highest BCUT2D eigenvalue weighted by Gasteiger charge is 2.36. The molecule has 0 saturated carbocycles. The number of phenolic OH excluding ortho intramolecular Hbond substituents is 1. The fraction of sp³-hybridized carbons (Fsp3) is 0.510. The van der Waals surface area contributed by atoms with Crippen LogP contribution < -0.4 is 36.0 Å². The number of carbonyl (C=O) groups excluding carboxylic acids is 4. The van der Waals surface area contributed by atoms with Gasteiger partial charge in [0, 0.05) is 55.5 Å². The molecule has 0 radical (unpaired) electrons. The molecule has 67 heavy (non-hydrogen) atoms. The van der Waals surface area contributed by atoms with Crippen LogP contribution in [0.2, 0.25) is 0 Å². The van der Waals surface area contributed by atoms with Gasteiger partial charge in [-0.3, -0.25) is 24.5 Å². The van der Waals surface area contributed by atoms with Gasteiger partial charge in [0.2, 0.25) is 11.8 Å². The maximum atomic E-state index is 14.4. The number of fused-ring (bicyclic) bond motifs is 1. The molecule has 4 rings (SSSR count). The minimum atomic E-state index is -1.34. The number of amides is 4. The van der Waals surface area contributed by atoms with Crippen LogP contribution in [0.15, 0.2) is 47.4 Å². The molecule has 17 nitrogen and oxygen atoms in total. The first-order chi connectivity index (χ1) is 31.4. The summed E-state index contributed by atoms with van der Waals surface area (Å²) in [4.78, 5) is 69.4. The zero-order valence-corrected chi connectivity index (χ0v) is 41.6. The van der Waals surface area contributed by atoms with Crippen LogP contribution in [0.5, 0.6) is 11.5 Å². The molecule has 1 heterocycles. The molecule has 366 valence electrons. The Balaban J connectivity index is 1.45. The molecule has 3 atom stereocenters. The first-order valence-electron chi connectivity index (χ1n) is 22.6. The van der Waals surface area contributed by atoms with Crippen LogP contribution in [-0.4, -0.2) is 107 Å². The van der Waals surface area contributed by atoms with E-state index in [2.05, 4.69) is 52.1 Å². The minimum absolute atomic E-state index is 0.00306. The average Bonchev–Trinajstić information content (AvgIpc) is 3.59. The molecule has 18 heteroatoms. The van der Waals surface area contributed by atoms with Crippen LogP contribution in [-0.2, 0) is 38.5 Å². The Morgan fingerprint density at radius 1 is 0.896 bits per heavy atom. The van der Waals surface area contributed by atoms with Crippen LogP contribution in [0.4, 0.5) is 4.79 Å². The van der Waals surface area contributed by atoms with Gasteiger partial charge in [-0.15, -0.1) is 0 Å². The number of aliphatic carboxylic acids is 1. The molecule has 0 saturated heterocycles. The summed E-state index contributed by atoms with van der Waals surface area (Å²) in [6.07, 6.45) is 0.424. The van der Waals surface area contributed by atoms with E-state index in [9.17, 15) is 34.2 Å². The Bertz CT molecular complexity index is 2280. The second-order valence-corrected chi connectivity index (χ2v) is 19.5. The first-order valence-corrected chi connectivity index (χ1v) is 23.4. The van der Waals surface area contributed by atoms with E-state index in [1.165, 1.54) is 30.0 Å². The van der Waals surface area contributed by atoms with Crippen molar-refractivity contribution in [3.05, 3.63) is 87.0 Å². The van der Waals surface area contributed by atoms with Gasteiger partial charge in [-0.05, 0) is 159 Å². The number of carbonyl (C=O) groups is 5. The molecule has 1 aliphatic rings. The molecule has 3 aromatic rings. The largest absolute Gasteiger partial charge is 0.508 e. The van der Waals surface area contributed by atoms with Crippen molar-refractivity contribution in [2.45, 2.75) is 142 Å². The number of ether oxygens (including phenoxy) is 2. The van der Waals surface area contributed by atoms with E-state index in [1.807, 2.05) is 33.0 Å². The predicted molar refractivity (Wildman–Crippen MR) is 260 cm³/mol. The van der Waals surface area contributed by atoms with Crippen LogP contribution in [0.3, 0.4) is 0 Å². The number of rotatable bonds is 21. The molecule has 0 fully saturated rings. The molecule has 9 N–H and O–H groups in total. The highest BCUT2D eigenvalue weighted by molar-refractivity contribution is 7.98. The SMILES string of the molecule is CNCc1ccc(C(=O)NCCCC(C(=O)NC(CCCNC(=N)NSc2c(C)c(C)c3c(c2C)CC(C)(C)O3)C(=O)O)N(C)C(=O)C(Cc2ccc(O)c(C)c2)NC(=O)OC(C)(C)C)cc1. The zero-order valence-electron chi connectivity index (χ0n) is 40.7. The van der Waals surface area contributed by atoms with Crippen molar-refractivity contribution in [1.29, 1.82) is 5.41 Å². The van der Waals surface area contributed by atoms with Crippen LogP contribution in [0.25, 0.3) is 0 Å². The van der Waals surface area contributed by atoms with Crippen molar-refractivity contribution >= 4 is 47.7 Å². The van der Waals surface area contributed by atoms with Crippen LogP contribution >= 0.6 is 11.9 Å². The number of aryl methyl sites for hydroxylation is 1. The molecule has 3 aromatic carbocycles. The van der Waals surface area contributed by atoms with Crippen molar-refractivity contribution in [2.75, 3.05) is 27.2 Å². The maximum Gasteiger partial charge on any atom is 0.408 e. The van der Waals surface area contributed by atoms with Gasteiger partial charge < -0.3 is 51.2 Å². The van der Waals surface area contributed by atoms with Crippen LogP contribution in [0, 0.1) is 33.1 Å². The first kappa shape index (κ1) is 53.6. The molecule has 0 aromatic heterocycles. The highest BCUT2D eigenvalue weighted by atomic mass is 32.2. The van der Waals surface area contributed by atoms with E-state index in [4.69, 9.17) is 14.9 Å². The summed E-state index contributed by atoms with van der Waals surface area (Å²) in [6, 6.07) is 8.11. The number of carboxylic acids is 1. The van der Waals surface area contributed by atoms with Crippen LogP contribution in [0.1, 0.15) is 110 Å². The molecular formula is C49H70N8O9S. The Morgan fingerprint density at radius 2 is 1.54 bits per heavy atom. The topological polar surface area (TPSA) is 244 Å². The van der Waals surface area contributed by atoms with E-state index >= 15 is 0 Å². The van der Waals surface area contributed by atoms with Crippen molar-refractivity contribution in [2.24, 2.45) is 0 Å².